The van der Waals surface area contributed by atoms with Crippen molar-refractivity contribution in [2.45, 2.75) is 50.6 Å². The van der Waals surface area contributed by atoms with Gasteiger partial charge in [0.15, 0.2) is 5.69 Å². The standard InChI is InChI=1S/C22H25F3N8O3/c1-13(30-16-10-29-31-20(34)19(16)22(23,24)25)12-36-17-4-7-33(21(17)35)15-2-5-32(6-3-15)18-11-27-14(8-26)9-28-18/h9-11,13,15,17H,2-7,12H2,1H3,(H2,30,31,34). The summed E-state index contributed by atoms with van der Waals surface area (Å²) in [6.07, 6.45) is 0.367. The van der Waals surface area contributed by atoms with Crippen molar-refractivity contribution in [1.29, 1.82) is 5.26 Å². The van der Waals surface area contributed by atoms with Gasteiger partial charge in [-0.1, -0.05) is 0 Å². The van der Waals surface area contributed by atoms with E-state index in [1.807, 2.05) is 11.0 Å². The van der Waals surface area contributed by atoms with Gasteiger partial charge in [0, 0.05) is 38.1 Å². The second kappa shape index (κ2) is 10.5. The minimum Gasteiger partial charge on any atom is -0.378 e. The molecule has 1 amide bonds. The number of piperidine rings is 1. The van der Waals surface area contributed by atoms with Crippen LogP contribution in [0, 0.1) is 11.3 Å². The smallest absolute Gasteiger partial charge is 0.378 e. The van der Waals surface area contributed by atoms with E-state index in [0.717, 1.165) is 19.0 Å². The number of amides is 1. The van der Waals surface area contributed by atoms with E-state index >= 15 is 0 Å². The van der Waals surface area contributed by atoms with Gasteiger partial charge in [0.05, 0.1) is 30.9 Å². The first-order valence-electron chi connectivity index (χ1n) is 11.5. The van der Waals surface area contributed by atoms with Crippen molar-refractivity contribution in [3.8, 4) is 6.07 Å². The maximum absolute atomic E-state index is 13.2. The Morgan fingerprint density at radius 2 is 1.94 bits per heavy atom. The number of nitrogens with one attached hydrogen (secondary N) is 2. The molecule has 0 radical (unpaired) electrons. The third-order valence-corrected chi connectivity index (χ3v) is 6.26. The number of alkyl halides is 3. The van der Waals surface area contributed by atoms with Gasteiger partial charge < -0.3 is 19.9 Å². The number of hydrogen-bond acceptors (Lipinski definition) is 9. The zero-order valence-corrected chi connectivity index (χ0v) is 19.5. The first kappa shape index (κ1) is 25.4. The van der Waals surface area contributed by atoms with Crippen LogP contribution >= 0.6 is 0 Å². The molecule has 0 bridgehead atoms. The minimum absolute atomic E-state index is 0.0237. The Morgan fingerprint density at radius 1 is 1.19 bits per heavy atom. The van der Waals surface area contributed by atoms with Crippen LogP contribution in [0.4, 0.5) is 24.7 Å². The largest absolute Gasteiger partial charge is 0.423 e. The van der Waals surface area contributed by atoms with E-state index in [0.29, 0.717) is 31.9 Å². The van der Waals surface area contributed by atoms with Crippen LogP contribution in [0.2, 0.25) is 0 Å². The summed E-state index contributed by atoms with van der Waals surface area (Å²) in [7, 11) is 0. The Balaban J connectivity index is 1.27. The SMILES string of the molecule is CC(COC1CCN(C2CCN(c3cnc(C#N)cn3)CC2)C1=O)Nc1cn[nH]c(=O)c1C(F)(F)F. The van der Waals surface area contributed by atoms with Crippen molar-refractivity contribution >= 4 is 17.4 Å². The molecule has 14 heteroatoms. The number of likely N-dealkylation sites (tertiary alicyclic amines) is 1. The molecule has 192 valence electrons. The number of carbonyl (C=O) groups is 1. The van der Waals surface area contributed by atoms with Crippen molar-refractivity contribution in [1.82, 2.24) is 25.1 Å². The molecular weight excluding hydrogens is 481 g/mol. The summed E-state index contributed by atoms with van der Waals surface area (Å²) in [4.78, 5) is 36.7. The number of anilines is 2. The number of ether oxygens (including phenoxy) is 1. The maximum Gasteiger partial charge on any atom is 0.423 e. The Bertz CT molecular complexity index is 1170. The van der Waals surface area contributed by atoms with Crippen molar-refractivity contribution in [3.05, 3.63) is 40.2 Å². The topological polar surface area (TPSA) is 140 Å². The lowest BCUT2D eigenvalue weighted by molar-refractivity contribution is -0.139. The number of rotatable bonds is 7. The van der Waals surface area contributed by atoms with E-state index in [-0.39, 0.29) is 24.2 Å². The van der Waals surface area contributed by atoms with E-state index in [4.69, 9.17) is 10.00 Å². The van der Waals surface area contributed by atoms with Crippen LogP contribution in [0.5, 0.6) is 0 Å². The molecular formula is C22H25F3N8O3. The molecule has 0 spiro atoms. The highest BCUT2D eigenvalue weighted by Gasteiger charge is 2.39. The molecule has 2 aliphatic heterocycles. The van der Waals surface area contributed by atoms with Crippen LogP contribution in [0.15, 0.2) is 23.4 Å². The summed E-state index contributed by atoms with van der Waals surface area (Å²) >= 11 is 0. The Kier molecular flexibility index (Phi) is 7.39. The number of aromatic amines is 1. The molecule has 4 rings (SSSR count). The molecule has 0 aromatic carbocycles. The van der Waals surface area contributed by atoms with Gasteiger partial charge in [0.1, 0.15) is 23.6 Å². The summed E-state index contributed by atoms with van der Waals surface area (Å²) < 4.78 is 45.4. The van der Waals surface area contributed by atoms with Crippen LogP contribution in [-0.4, -0.2) is 75.4 Å². The van der Waals surface area contributed by atoms with E-state index in [9.17, 15) is 22.8 Å². The molecule has 2 aromatic rings. The molecule has 2 atom stereocenters. The second-order valence-corrected chi connectivity index (χ2v) is 8.76. The highest BCUT2D eigenvalue weighted by atomic mass is 19.4. The average molecular weight is 506 g/mol. The van der Waals surface area contributed by atoms with Gasteiger partial charge in [0.25, 0.3) is 11.5 Å². The molecule has 2 unspecified atom stereocenters. The van der Waals surface area contributed by atoms with Crippen LogP contribution in [0.1, 0.15) is 37.4 Å². The van der Waals surface area contributed by atoms with Gasteiger partial charge in [-0.2, -0.15) is 23.5 Å². The van der Waals surface area contributed by atoms with E-state index in [1.165, 1.54) is 6.20 Å². The molecule has 0 aliphatic carbocycles. The number of hydrogen-bond donors (Lipinski definition) is 2. The van der Waals surface area contributed by atoms with Crippen LogP contribution in [-0.2, 0) is 15.7 Å². The molecule has 2 N–H and O–H groups in total. The lowest BCUT2D eigenvalue weighted by atomic mass is 10.0. The summed E-state index contributed by atoms with van der Waals surface area (Å²) in [5.41, 5.74) is -2.88. The normalized spacial score (nSPS) is 19.9. The third-order valence-electron chi connectivity index (χ3n) is 6.26. The summed E-state index contributed by atoms with van der Waals surface area (Å²) in [5, 5.41) is 16.7. The van der Waals surface area contributed by atoms with Crippen molar-refractivity contribution in [3.63, 3.8) is 0 Å². The van der Waals surface area contributed by atoms with Crippen molar-refractivity contribution < 1.29 is 22.7 Å². The maximum atomic E-state index is 13.2. The molecule has 11 nitrogen and oxygen atoms in total. The summed E-state index contributed by atoms with van der Waals surface area (Å²) in [5.74, 6) is 0.555. The third kappa shape index (κ3) is 5.56. The fraction of sp³-hybridized carbons (Fsp3) is 0.545. The first-order valence-corrected chi connectivity index (χ1v) is 11.5. The van der Waals surface area contributed by atoms with Crippen LogP contribution in [0.25, 0.3) is 0 Å². The van der Waals surface area contributed by atoms with Crippen molar-refractivity contribution in [2.75, 3.05) is 36.5 Å². The Hall–Kier alpha value is -3.73. The van der Waals surface area contributed by atoms with Gasteiger partial charge in [0.2, 0.25) is 0 Å². The number of nitrogens with zero attached hydrogens (tertiary/aromatic N) is 6. The average Bonchev–Trinajstić information content (AvgIpc) is 3.22. The fourth-order valence-electron chi connectivity index (χ4n) is 4.50. The zero-order chi connectivity index (χ0) is 25.9. The molecule has 2 saturated heterocycles. The lowest BCUT2D eigenvalue weighted by Gasteiger charge is -2.37. The number of halogens is 3. The number of H-pyrrole nitrogens is 1. The molecule has 2 aliphatic rings. The van der Waals surface area contributed by atoms with Gasteiger partial charge in [-0.3, -0.25) is 9.59 Å². The number of carbonyl (C=O) groups excluding carboxylic acids is 1. The first-order chi connectivity index (χ1) is 17.2. The lowest BCUT2D eigenvalue weighted by Crippen LogP contribution is -2.47. The highest BCUT2D eigenvalue weighted by molar-refractivity contribution is 5.83. The van der Waals surface area contributed by atoms with E-state index in [1.54, 1.807) is 18.2 Å². The Labute approximate surface area is 204 Å². The summed E-state index contributed by atoms with van der Waals surface area (Å²) in [6, 6.07) is 1.39. The minimum atomic E-state index is -4.84. The highest BCUT2D eigenvalue weighted by Crippen LogP contribution is 2.32. The van der Waals surface area contributed by atoms with E-state index < -0.39 is 35.1 Å². The molecule has 2 fully saturated rings. The number of aromatic nitrogens is 4. The fourth-order valence-corrected chi connectivity index (χ4v) is 4.50. The molecule has 0 saturated carbocycles. The van der Waals surface area contributed by atoms with Crippen molar-refractivity contribution in [2.24, 2.45) is 0 Å². The van der Waals surface area contributed by atoms with Crippen LogP contribution < -0.4 is 15.8 Å². The Morgan fingerprint density at radius 3 is 2.58 bits per heavy atom. The second-order valence-electron chi connectivity index (χ2n) is 8.76. The molecule has 36 heavy (non-hydrogen) atoms. The van der Waals surface area contributed by atoms with Gasteiger partial charge >= 0.3 is 6.18 Å². The van der Waals surface area contributed by atoms with Gasteiger partial charge in [-0.15, -0.1) is 0 Å². The quantitative estimate of drug-likeness (QED) is 0.572. The predicted octanol–water partition coefficient (Wildman–Crippen LogP) is 1.54. The zero-order valence-electron chi connectivity index (χ0n) is 19.5. The summed E-state index contributed by atoms with van der Waals surface area (Å²) in [6.45, 7) is 3.49. The van der Waals surface area contributed by atoms with Crippen LogP contribution in [0.3, 0.4) is 0 Å². The van der Waals surface area contributed by atoms with Gasteiger partial charge in [-0.05, 0) is 19.8 Å². The molecule has 4 heterocycles. The predicted molar refractivity (Wildman–Crippen MR) is 121 cm³/mol. The van der Waals surface area contributed by atoms with Gasteiger partial charge in [-0.25, -0.2) is 15.1 Å². The van der Waals surface area contributed by atoms with E-state index in [2.05, 4.69) is 25.3 Å². The molecule has 2 aromatic heterocycles. The monoisotopic (exact) mass is 506 g/mol. The number of nitriles is 1.